The maximum Gasteiger partial charge on any atom is 0.350 e. The quantitative estimate of drug-likeness (QED) is 0.540. The third-order valence-electron chi connectivity index (χ3n) is 4.37. The number of hydrogen-bond acceptors (Lipinski definition) is 7. The van der Waals surface area contributed by atoms with Crippen LogP contribution in [0.5, 0.6) is 17.2 Å². The van der Waals surface area contributed by atoms with Crippen molar-refractivity contribution in [2.45, 2.75) is 6.54 Å². The summed E-state index contributed by atoms with van der Waals surface area (Å²) in [4.78, 5) is 24.7. The summed E-state index contributed by atoms with van der Waals surface area (Å²) >= 11 is 13.7. The summed E-state index contributed by atoms with van der Waals surface area (Å²) in [7, 11) is 1.50. The van der Waals surface area contributed by atoms with Crippen LogP contribution >= 0.6 is 34.5 Å². The zero-order chi connectivity index (χ0) is 21.3. The number of ether oxygens (including phenoxy) is 4. The largest absolute Gasteiger partial charge is 0.495 e. The topological polar surface area (TPSA) is 83.1 Å². The average Bonchev–Trinajstić information content (AvgIpc) is 3.35. The van der Waals surface area contributed by atoms with Gasteiger partial charge >= 0.3 is 5.97 Å². The van der Waals surface area contributed by atoms with Crippen LogP contribution in [0.25, 0.3) is 10.1 Å². The van der Waals surface area contributed by atoms with Crippen molar-refractivity contribution in [3.05, 3.63) is 50.8 Å². The fourth-order valence-corrected chi connectivity index (χ4v) is 4.65. The first-order chi connectivity index (χ1) is 14.5. The number of amides is 1. The highest BCUT2D eigenvalue weighted by Crippen LogP contribution is 2.43. The van der Waals surface area contributed by atoms with E-state index < -0.39 is 18.5 Å². The molecule has 3 aromatic rings. The van der Waals surface area contributed by atoms with Crippen molar-refractivity contribution in [3.63, 3.8) is 0 Å². The second-order valence-electron chi connectivity index (χ2n) is 6.24. The van der Waals surface area contributed by atoms with E-state index in [2.05, 4.69) is 5.32 Å². The van der Waals surface area contributed by atoms with Gasteiger partial charge in [0.15, 0.2) is 18.1 Å². The van der Waals surface area contributed by atoms with Gasteiger partial charge in [-0.05, 0) is 29.8 Å². The Bertz CT molecular complexity index is 1150. The van der Waals surface area contributed by atoms with Gasteiger partial charge in [-0.1, -0.05) is 29.3 Å². The van der Waals surface area contributed by atoms with Gasteiger partial charge in [-0.15, -0.1) is 11.3 Å². The van der Waals surface area contributed by atoms with Crippen molar-refractivity contribution in [1.82, 2.24) is 5.32 Å². The Morgan fingerprint density at radius 2 is 1.93 bits per heavy atom. The van der Waals surface area contributed by atoms with E-state index in [1.807, 2.05) is 6.07 Å². The number of thiophene rings is 1. The molecular weight excluding hydrogens is 453 g/mol. The number of hydrogen-bond donors (Lipinski definition) is 1. The average molecular weight is 468 g/mol. The van der Waals surface area contributed by atoms with Gasteiger partial charge in [0.05, 0.1) is 16.8 Å². The smallest absolute Gasteiger partial charge is 0.350 e. The van der Waals surface area contributed by atoms with E-state index in [4.69, 9.17) is 42.1 Å². The third-order valence-corrected chi connectivity index (χ3v) is 6.56. The Kier molecular flexibility index (Phi) is 5.90. The lowest BCUT2D eigenvalue weighted by atomic mass is 10.2. The highest BCUT2D eigenvalue weighted by Gasteiger charge is 2.22. The van der Waals surface area contributed by atoms with Crippen LogP contribution in [0.4, 0.5) is 0 Å². The summed E-state index contributed by atoms with van der Waals surface area (Å²) < 4.78 is 21.4. The molecule has 2 aromatic carbocycles. The Morgan fingerprint density at radius 1 is 1.13 bits per heavy atom. The van der Waals surface area contributed by atoms with Gasteiger partial charge < -0.3 is 24.3 Å². The summed E-state index contributed by atoms with van der Waals surface area (Å²) in [5.41, 5.74) is 0.829. The fraction of sp³-hybridized carbons (Fsp3) is 0.200. The van der Waals surface area contributed by atoms with Crippen LogP contribution in [0.3, 0.4) is 0 Å². The number of carbonyl (C=O) groups is 2. The van der Waals surface area contributed by atoms with E-state index in [1.165, 1.54) is 7.11 Å². The molecule has 0 atom stereocenters. The number of carbonyl (C=O) groups excluding carboxylic acids is 2. The van der Waals surface area contributed by atoms with E-state index in [9.17, 15) is 9.59 Å². The maximum atomic E-state index is 12.4. The van der Waals surface area contributed by atoms with Gasteiger partial charge in [0, 0.05) is 11.9 Å². The molecule has 0 spiro atoms. The van der Waals surface area contributed by atoms with Gasteiger partial charge in [-0.2, -0.15) is 0 Å². The van der Waals surface area contributed by atoms with Crippen LogP contribution in [0, 0.1) is 0 Å². The minimum Gasteiger partial charge on any atom is -0.495 e. The van der Waals surface area contributed by atoms with Crippen LogP contribution in [-0.2, 0) is 16.1 Å². The van der Waals surface area contributed by atoms with Crippen LogP contribution in [-0.4, -0.2) is 32.4 Å². The lowest BCUT2D eigenvalue weighted by molar-refractivity contribution is -0.124. The molecule has 4 rings (SSSR count). The maximum absolute atomic E-state index is 12.4. The Morgan fingerprint density at radius 3 is 2.73 bits per heavy atom. The molecule has 1 N–H and O–H groups in total. The van der Waals surface area contributed by atoms with Crippen molar-refractivity contribution in [2.24, 2.45) is 0 Å². The lowest BCUT2D eigenvalue weighted by Gasteiger charge is -2.07. The number of fused-ring (bicyclic) bond motifs is 2. The first-order valence-electron chi connectivity index (χ1n) is 8.74. The Hall–Kier alpha value is -2.68. The van der Waals surface area contributed by atoms with Crippen molar-refractivity contribution in [2.75, 3.05) is 20.5 Å². The number of esters is 1. The molecular formula is C20H15Cl2NO6S. The zero-order valence-electron chi connectivity index (χ0n) is 15.6. The predicted octanol–water partition coefficient (Wildman–Crippen LogP) is 4.42. The van der Waals surface area contributed by atoms with Crippen molar-refractivity contribution in [3.8, 4) is 17.2 Å². The fourth-order valence-electron chi connectivity index (χ4n) is 2.87. The third kappa shape index (κ3) is 3.98. The monoisotopic (exact) mass is 467 g/mol. The standard InChI is InChI=1S/C20H15Cl2NO6S/c1-26-13-5-3-11-16(21)19(30-18(11)17(13)22)20(25)27-8-15(24)23-7-10-2-4-12-14(6-10)29-9-28-12/h2-6H,7-9H2,1H3,(H,23,24). The molecule has 30 heavy (non-hydrogen) atoms. The van der Waals surface area contributed by atoms with E-state index >= 15 is 0 Å². The molecule has 0 unspecified atom stereocenters. The number of rotatable bonds is 6. The van der Waals surface area contributed by atoms with Crippen LogP contribution in [0.1, 0.15) is 15.2 Å². The summed E-state index contributed by atoms with van der Waals surface area (Å²) in [5, 5.41) is 3.89. The molecule has 1 amide bonds. The molecule has 0 fully saturated rings. The van der Waals surface area contributed by atoms with E-state index in [0.717, 1.165) is 16.9 Å². The van der Waals surface area contributed by atoms with Crippen LogP contribution < -0.4 is 19.5 Å². The molecule has 0 radical (unpaired) electrons. The molecule has 0 aliphatic carbocycles. The SMILES string of the molecule is COc1ccc2c(Cl)c(C(=O)OCC(=O)NCc3ccc4c(c3)OCO4)sc2c1Cl. The van der Waals surface area contributed by atoms with E-state index in [1.54, 1.807) is 24.3 Å². The van der Waals surface area contributed by atoms with E-state index in [0.29, 0.717) is 32.4 Å². The lowest BCUT2D eigenvalue weighted by Crippen LogP contribution is -2.28. The second kappa shape index (κ2) is 8.59. The van der Waals surface area contributed by atoms with Crippen LogP contribution in [0.15, 0.2) is 30.3 Å². The van der Waals surface area contributed by atoms with Gasteiger partial charge in [0.1, 0.15) is 15.6 Å². The molecule has 1 aliphatic rings. The molecule has 2 heterocycles. The summed E-state index contributed by atoms with van der Waals surface area (Å²) in [5.74, 6) is 0.622. The molecule has 10 heteroatoms. The molecule has 7 nitrogen and oxygen atoms in total. The molecule has 0 saturated carbocycles. The normalized spacial score (nSPS) is 12.1. The Balaban J connectivity index is 1.36. The van der Waals surface area contributed by atoms with Gasteiger partial charge in [-0.3, -0.25) is 4.79 Å². The predicted molar refractivity (Wildman–Crippen MR) is 113 cm³/mol. The number of nitrogens with one attached hydrogen (secondary N) is 1. The summed E-state index contributed by atoms with van der Waals surface area (Å²) in [6.07, 6.45) is 0. The summed E-state index contributed by atoms with van der Waals surface area (Å²) in [6, 6.07) is 8.75. The molecule has 0 saturated heterocycles. The first-order valence-corrected chi connectivity index (χ1v) is 10.3. The zero-order valence-corrected chi connectivity index (χ0v) is 18.0. The first kappa shape index (κ1) is 20.6. The van der Waals surface area contributed by atoms with Crippen molar-refractivity contribution >= 4 is 56.5 Å². The van der Waals surface area contributed by atoms with Crippen LogP contribution in [0.2, 0.25) is 10.0 Å². The van der Waals surface area contributed by atoms with Crippen molar-refractivity contribution in [1.29, 1.82) is 0 Å². The van der Waals surface area contributed by atoms with E-state index in [-0.39, 0.29) is 23.2 Å². The van der Waals surface area contributed by atoms with Gasteiger partial charge in [-0.25, -0.2) is 4.79 Å². The minimum atomic E-state index is -0.700. The molecule has 156 valence electrons. The molecule has 1 aliphatic heterocycles. The van der Waals surface area contributed by atoms with Gasteiger partial charge in [0.25, 0.3) is 5.91 Å². The summed E-state index contributed by atoms with van der Waals surface area (Å²) in [6.45, 7) is -0.00351. The second-order valence-corrected chi connectivity index (χ2v) is 8.02. The molecule has 1 aromatic heterocycles. The number of methoxy groups -OCH3 is 1. The van der Waals surface area contributed by atoms with Gasteiger partial charge in [0.2, 0.25) is 6.79 Å². The van der Waals surface area contributed by atoms with Crippen molar-refractivity contribution < 1.29 is 28.5 Å². The minimum absolute atomic E-state index is 0.172. The number of benzene rings is 2. The number of halogens is 2. The Labute approximate surface area is 185 Å². The highest BCUT2D eigenvalue weighted by molar-refractivity contribution is 7.22. The highest BCUT2D eigenvalue weighted by atomic mass is 35.5. The molecule has 0 bridgehead atoms.